The Balaban J connectivity index is 2.68. The second-order valence-electron chi connectivity index (χ2n) is 5.68. The van der Waals surface area contributed by atoms with E-state index >= 15 is 0 Å². The van der Waals surface area contributed by atoms with Gasteiger partial charge in [-0.2, -0.15) is 0 Å². The van der Waals surface area contributed by atoms with Crippen LogP contribution in [0.4, 0.5) is 0 Å². The maximum absolute atomic E-state index is 11.6. The summed E-state index contributed by atoms with van der Waals surface area (Å²) in [4.78, 5) is 13.6. The minimum absolute atomic E-state index is 0.0719. The van der Waals surface area contributed by atoms with Gasteiger partial charge >= 0.3 is 0 Å². The second-order valence-corrected chi connectivity index (χ2v) is 5.68. The van der Waals surface area contributed by atoms with Gasteiger partial charge in [0.2, 0.25) is 5.91 Å². The number of rotatable bonds is 2. The highest BCUT2D eigenvalue weighted by molar-refractivity contribution is 5.75. The lowest BCUT2D eigenvalue weighted by Gasteiger charge is -2.48. The van der Waals surface area contributed by atoms with Gasteiger partial charge in [-0.1, -0.05) is 27.7 Å². The quantitative estimate of drug-likeness (QED) is 0.725. The molecule has 0 aromatic rings. The summed E-state index contributed by atoms with van der Waals surface area (Å²) in [7, 11) is 1.79. The van der Waals surface area contributed by atoms with Crippen LogP contribution in [0.1, 0.15) is 47.0 Å². The molecule has 0 unspecified atom stereocenters. The van der Waals surface area contributed by atoms with Gasteiger partial charge in [-0.25, -0.2) is 0 Å². The number of ether oxygens (including phenoxy) is 1. The van der Waals surface area contributed by atoms with Crippen molar-refractivity contribution >= 4 is 5.91 Å². The first-order valence-corrected chi connectivity index (χ1v) is 6.19. The highest BCUT2D eigenvalue weighted by Crippen LogP contribution is 2.41. The van der Waals surface area contributed by atoms with Gasteiger partial charge < -0.3 is 9.64 Å². The third-order valence-corrected chi connectivity index (χ3v) is 3.98. The predicted octanol–water partition coefficient (Wildman–Crippen LogP) is 2.45. The van der Waals surface area contributed by atoms with Gasteiger partial charge in [0.1, 0.15) is 0 Å². The molecule has 0 aliphatic carbocycles. The lowest BCUT2D eigenvalue weighted by molar-refractivity contribution is -0.148. The van der Waals surface area contributed by atoms with Crippen molar-refractivity contribution in [2.24, 2.45) is 5.41 Å². The summed E-state index contributed by atoms with van der Waals surface area (Å²) in [5.41, 5.74) is 0.0562. The van der Waals surface area contributed by atoms with Crippen LogP contribution < -0.4 is 0 Å². The van der Waals surface area contributed by atoms with E-state index in [1.54, 1.807) is 7.11 Å². The molecule has 0 aromatic carbocycles. The summed E-state index contributed by atoms with van der Waals surface area (Å²) in [5.74, 6) is 0.263. The average Bonchev–Trinajstić information content (AvgIpc) is 2.26. The molecule has 1 amide bonds. The number of piperidine rings is 1. The Hall–Kier alpha value is -0.570. The molecule has 3 heteroatoms. The fraction of sp³-hybridized carbons (Fsp3) is 0.923. The van der Waals surface area contributed by atoms with E-state index in [1.165, 1.54) is 0 Å². The van der Waals surface area contributed by atoms with Gasteiger partial charge in [0, 0.05) is 26.6 Å². The molecule has 0 saturated carbocycles. The van der Waals surface area contributed by atoms with Gasteiger partial charge in [0.05, 0.1) is 5.60 Å². The number of carbonyl (C=O) groups is 1. The molecule has 0 aromatic heterocycles. The second kappa shape index (κ2) is 4.74. The van der Waals surface area contributed by atoms with Crippen LogP contribution in [0.15, 0.2) is 0 Å². The fourth-order valence-electron chi connectivity index (χ4n) is 2.60. The van der Waals surface area contributed by atoms with Crippen LogP contribution in [0, 0.1) is 5.41 Å². The molecule has 1 aliphatic rings. The zero-order valence-corrected chi connectivity index (χ0v) is 11.3. The van der Waals surface area contributed by atoms with Crippen LogP contribution >= 0.6 is 0 Å². The smallest absolute Gasteiger partial charge is 0.222 e. The first-order valence-electron chi connectivity index (χ1n) is 6.19. The molecule has 16 heavy (non-hydrogen) atoms. The van der Waals surface area contributed by atoms with Crippen molar-refractivity contribution in [3.05, 3.63) is 0 Å². The zero-order chi connectivity index (χ0) is 12.4. The Morgan fingerprint density at radius 1 is 1.31 bits per heavy atom. The SMILES string of the molecule is CCC(=O)N1CCC(OC)(C(C)(C)C)CC1. The van der Waals surface area contributed by atoms with Crippen LogP contribution in [0.25, 0.3) is 0 Å². The van der Waals surface area contributed by atoms with Crippen LogP contribution in [0.3, 0.4) is 0 Å². The maximum Gasteiger partial charge on any atom is 0.222 e. The molecule has 3 nitrogen and oxygen atoms in total. The van der Waals surface area contributed by atoms with Crippen LogP contribution in [0.2, 0.25) is 0 Å². The lowest BCUT2D eigenvalue weighted by Crippen LogP contribution is -2.54. The Kier molecular flexibility index (Phi) is 4.00. The van der Waals surface area contributed by atoms with E-state index in [4.69, 9.17) is 4.74 Å². The number of likely N-dealkylation sites (tertiary alicyclic amines) is 1. The number of methoxy groups -OCH3 is 1. The number of nitrogens with zero attached hydrogens (tertiary/aromatic N) is 1. The molecular weight excluding hydrogens is 202 g/mol. The molecule has 0 spiro atoms. The van der Waals surface area contributed by atoms with E-state index in [2.05, 4.69) is 20.8 Å². The van der Waals surface area contributed by atoms with E-state index in [9.17, 15) is 4.79 Å². The van der Waals surface area contributed by atoms with Crippen molar-refractivity contribution in [1.82, 2.24) is 4.90 Å². The van der Waals surface area contributed by atoms with E-state index in [-0.39, 0.29) is 16.9 Å². The van der Waals surface area contributed by atoms with E-state index in [1.807, 2.05) is 11.8 Å². The highest BCUT2D eigenvalue weighted by Gasteiger charge is 2.44. The largest absolute Gasteiger partial charge is 0.378 e. The van der Waals surface area contributed by atoms with E-state index in [0.29, 0.717) is 6.42 Å². The molecule has 0 N–H and O–H groups in total. The topological polar surface area (TPSA) is 29.5 Å². The van der Waals surface area contributed by atoms with Crippen molar-refractivity contribution in [3.8, 4) is 0 Å². The summed E-state index contributed by atoms with van der Waals surface area (Å²) < 4.78 is 5.77. The molecule has 0 radical (unpaired) electrons. The Morgan fingerprint density at radius 2 is 1.81 bits per heavy atom. The van der Waals surface area contributed by atoms with Gasteiger partial charge in [-0.15, -0.1) is 0 Å². The average molecular weight is 227 g/mol. The summed E-state index contributed by atoms with van der Waals surface area (Å²) in [6.07, 6.45) is 2.49. The van der Waals surface area contributed by atoms with Crippen molar-refractivity contribution in [3.63, 3.8) is 0 Å². The first-order chi connectivity index (χ1) is 7.36. The van der Waals surface area contributed by atoms with Gasteiger partial charge in [-0.05, 0) is 18.3 Å². The van der Waals surface area contributed by atoms with Crippen molar-refractivity contribution in [2.75, 3.05) is 20.2 Å². The number of hydrogen-bond donors (Lipinski definition) is 0. The van der Waals surface area contributed by atoms with E-state index < -0.39 is 0 Å². The Labute approximate surface area is 99.1 Å². The van der Waals surface area contributed by atoms with Crippen LogP contribution in [0.5, 0.6) is 0 Å². The van der Waals surface area contributed by atoms with Gasteiger partial charge in [0.25, 0.3) is 0 Å². The molecular formula is C13H25NO2. The van der Waals surface area contributed by atoms with Crippen molar-refractivity contribution < 1.29 is 9.53 Å². The van der Waals surface area contributed by atoms with Crippen LogP contribution in [-0.4, -0.2) is 36.6 Å². The Morgan fingerprint density at radius 3 is 2.12 bits per heavy atom. The third kappa shape index (κ3) is 2.40. The molecule has 1 heterocycles. The van der Waals surface area contributed by atoms with Crippen molar-refractivity contribution in [2.45, 2.75) is 52.6 Å². The fourth-order valence-corrected chi connectivity index (χ4v) is 2.60. The summed E-state index contributed by atoms with van der Waals surface area (Å²) in [6, 6.07) is 0. The minimum atomic E-state index is -0.0719. The predicted molar refractivity (Wildman–Crippen MR) is 65.3 cm³/mol. The molecule has 0 bridgehead atoms. The zero-order valence-electron chi connectivity index (χ0n) is 11.3. The molecule has 94 valence electrons. The van der Waals surface area contributed by atoms with Crippen molar-refractivity contribution in [1.29, 1.82) is 0 Å². The number of amides is 1. The monoisotopic (exact) mass is 227 g/mol. The molecule has 1 fully saturated rings. The van der Waals surface area contributed by atoms with Gasteiger partial charge in [-0.3, -0.25) is 4.79 Å². The summed E-state index contributed by atoms with van der Waals surface area (Å²) in [6.45, 7) is 10.2. The normalized spacial score (nSPS) is 20.9. The highest BCUT2D eigenvalue weighted by atomic mass is 16.5. The molecule has 1 saturated heterocycles. The molecule has 1 rings (SSSR count). The molecule has 0 atom stereocenters. The summed E-state index contributed by atoms with van der Waals surface area (Å²) >= 11 is 0. The first kappa shape index (κ1) is 13.5. The molecule has 1 aliphatic heterocycles. The van der Waals surface area contributed by atoms with Gasteiger partial charge in [0.15, 0.2) is 0 Å². The standard InChI is InChI=1S/C13H25NO2/c1-6-11(15)14-9-7-13(16-5,8-10-14)12(2,3)4/h6-10H2,1-5H3. The lowest BCUT2D eigenvalue weighted by atomic mass is 9.70. The third-order valence-electron chi connectivity index (χ3n) is 3.98. The Bertz CT molecular complexity index is 247. The number of carbonyl (C=O) groups excluding carboxylic acids is 1. The van der Waals surface area contributed by atoms with E-state index in [0.717, 1.165) is 25.9 Å². The van der Waals surface area contributed by atoms with Crippen LogP contribution in [-0.2, 0) is 9.53 Å². The summed E-state index contributed by atoms with van der Waals surface area (Å²) in [5, 5.41) is 0. The number of hydrogen-bond acceptors (Lipinski definition) is 2. The minimum Gasteiger partial charge on any atom is -0.378 e. The maximum atomic E-state index is 11.6.